The van der Waals surface area contributed by atoms with Crippen molar-refractivity contribution < 1.29 is 9.21 Å². The van der Waals surface area contributed by atoms with E-state index in [1.807, 2.05) is 48.5 Å². The van der Waals surface area contributed by atoms with E-state index >= 15 is 0 Å². The maximum atomic E-state index is 12.1. The third-order valence-electron chi connectivity index (χ3n) is 4.59. The zero-order valence-electron chi connectivity index (χ0n) is 15.6. The smallest absolute Gasteiger partial charge is 0.247 e. The van der Waals surface area contributed by atoms with Crippen LogP contribution >= 0.6 is 0 Å². The molecule has 3 aromatic rings. The Labute approximate surface area is 159 Å². The standard InChI is InChI=1S/C22H25N3O2/c1-2-17(18-10-5-3-6-11-18)16-23-20(26)14-9-15-21-24-25-22(27-21)19-12-7-4-8-13-19/h3-8,10-13,17H,2,9,14-16H2,1H3,(H,23,26)/t17-/m1/s1. The summed E-state index contributed by atoms with van der Waals surface area (Å²) in [5, 5.41) is 11.2. The van der Waals surface area contributed by atoms with Gasteiger partial charge >= 0.3 is 0 Å². The van der Waals surface area contributed by atoms with Gasteiger partial charge in [0.05, 0.1) is 0 Å². The molecule has 1 heterocycles. The minimum absolute atomic E-state index is 0.0622. The van der Waals surface area contributed by atoms with Crippen molar-refractivity contribution in [1.29, 1.82) is 0 Å². The summed E-state index contributed by atoms with van der Waals surface area (Å²) in [6, 6.07) is 20.0. The fraction of sp³-hybridized carbons (Fsp3) is 0.318. The maximum Gasteiger partial charge on any atom is 0.247 e. The van der Waals surface area contributed by atoms with E-state index < -0.39 is 0 Å². The fourth-order valence-corrected chi connectivity index (χ4v) is 3.00. The number of nitrogens with one attached hydrogen (secondary N) is 1. The summed E-state index contributed by atoms with van der Waals surface area (Å²) in [4.78, 5) is 12.1. The van der Waals surface area contributed by atoms with Crippen molar-refractivity contribution in [1.82, 2.24) is 15.5 Å². The molecule has 0 unspecified atom stereocenters. The highest BCUT2D eigenvalue weighted by atomic mass is 16.4. The predicted octanol–water partition coefficient (Wildman–Crippen LogP) is 4.37. The van der Waals surface area contributed by atoms with Crippen molar-refractivity contribution in [2.45, 2.75) is 38.5 Å². The molecule has 0 saturated carbocycles. The minimum atomic E-state index is 0.0622. The number of aryl methyl sites for hydroxylation is 1. The Morgan fingerprint density at radius 1 is 1.04 bits per heavy atom. The molecule has 5 heteroatoms. The lowest BCUT2D eigenvalue weighted by molar-refractivity contribution is -0.121. The van der Waals surface area contributed by atoms with Gasteiger partial charge in [0, 0.05) is 30.9 Å². The predicted molar refractivity (Wildman–Crippen MR) is 105 cm³/mol. The number of carbonyl (C=O) groups excluding carboxylic acids is 1. The van der Waals surface area contributed by atoms with Gasteiger partial charge in [0.25, 0.3) is 0 Å². The van der Waals surface area contributed by atoms with Crippen LogP contribution in [0.4, 0.5) is 0 Å². The molecule has 0 radical (unpaired) electrons. The molecule has 27 heavy (non-hydrogen) atoms. The van der Waals surface area contributed by atoms with Crippen molar-refractivity contribution in [3.63, 3.8) is 0 Å². The van der Waals surface area contributed by atoms with Gasteiger partial charge in [-0.15, -0.1) is 10.2 Å². The van der Waals surface area contributed by atoms with Crippen LogP contribution in [0.5, 0.6) is 0 Å². The first kappa shape index (κ1) is 18.8. The van der Waals surface area contributed by atoms with Gasteiger partial charge in [-0.05, 0) is 30.5 Å². The average molecular weight is 363 g/mol. The summed E-state index contributed by atoms with van der Waals surface area (Å²) in [7, 11) is 0. The van der Waals surface area contributed by atoms with Crippen molar-refractivity contribution in [2.24, 2.45) is 0 Å². The van der Waals surface area contributed by atoms with E-state index in [0.717, 1.165) is 12.0 Å². The zero-order valence-corrected chi connectivity index (χ0v) is 15.6. The summed E-state index contributed by atoms with van der Waals surface area (Å²) in [6.45, 7) is 2.81. The highest BCUT2D eigenvalue weighted by Crippen LogP contribution is 2.19. The molecule has 0 spiro atoms. The molecular formula is C22H25N3O2. The van der Waals surface area contributed by atoms with Crippen LogP contribution in [0.2, 0.25) is 0 Å². The van der Waals surface area contributed by atoms with Crippen LogP contribution in [-0.2, 0) is 11.2 Å². The van der Waals surface area contributed by atoms with Crippen LogP contribution in [0.15, 0.2) is 65.1 Å². The van der Waals surface area contributed by atoms with Crippen LogP contribution in [0, 0.1) is 0 Å². The fourth-order valence-electron chi connectivity index (χ4n) is 3.00. The molecule has 5 nitrogen and oxygen atoms in total. The van der Waals surface area contributed by atoms with Gasteiger partial charge in [-0.1, -0.05) is 55.5 Å². The highest BCUT2D eigenvalue weighted by Gasteiger charge is 2.12. The number of hydrogen-bond donors (Lipinski definition) is 1. The third-order valence-corrected chi connectivity index (χ3v) is 4.59. The second-order valence-corrected chi connectivity index (χ2v) is 6.54. The topological polar surface area (TPSA) is 68.0 Å². The molecule has 1 atom stereocenters. The third kappa shape index (κ3) is 5.51. The Hall–Kier alpha value is -2.95. The number of rotatable bonds is 9. The summed E-state index contributed by atoms with van der Waals surface area (Å²) in [5.41, 5.74) is 2.17. The molecule has 0 fully saturated rings. The molecule has 2 aromatic carbocycles. The number of benzene rings is 2. The number of hydrogen-bond acceptors (Lipinski definition) is 4. The van der Waals surface area contributed by atoms with E-state index in [1.165, 1.54) is 5.56 Å². The lowest BCUT2D eigenvalue weighted by Gasteiger charge is -2.16. The molecule has 0 bridgehead atoms. The monoisotopic (exact) mass is 363 g/mol. The maximum absolute atomic E-state index is 12.1. The Morgan fingerprint density at radius 2 is 1.74 bits per heavy atom. The molecule has 0 aliphatic rings. The SMILES string of the molecule is CC[C@H](CNC(=O)CCCc1nnc(-c2ccccc2)o1)c1ccccc1. The normalized spacial score (nSPS) is 11.9. The highest BCUT2D eigenvalue weighted by molar-refractivity contribution is 5.75. The van der Waals surface area contributed by atoms with Crippen molar-refractivity contribution in [3.8, 4) is 11.5 Å². The Balaban J connectivity index is 1.41. The van der Waals surface area contributed by atoms with E-state index in [0.29, 0.717) is 43.5 Å². The van der Waals surface area contributed by atoms with E-state index in [2.05, 4.69) is 34.6 Å². The molecule has 1 aromatic heterocycles. The van der Waals surface area contributed by atoms with Crippen molar-refractivity contribution >= 4 is 5.91 Å². The van der Waals surface area contributed by atoms with Gasteiger partial charge in [0.2, 0.25) is 17.7 Å². The number of amides is 1. The van der Waals surface area contributed by atoms with E-state index in [-0.39, 0.29) is 5.91 Å². The summed E-state index contributed by atoms with van der Waals surface area (Å²) < 4.78 is 5.67. The Kier molecular flexibility index (Phi) is 6.74. The molecule has 140 valence electrons. The summed E-state index contributed by atoms with van der Waals surface area (Å²) >= 11 is 0. The number of aromatic nitrogens is 2. The van der Waals surface area contributed by atoms with Crippen LogP contribution in [-0.4, -0.2) is 22.6 Å². The van der Waals surface area contributed by atoms with Crippen LogP contribution in [0.1, 0.15) is 43.6 Å². The first-order valence-corrected chi connectivity index (χ1v) is 9.45. The van der Waals surface area contributed by atoms with Gasteiger partial charge in [0.1, 0.15) is 0 Å². The zero-order chi connectivity index (χ0) is 18.9. The van der Waals surface area contributed by atoms with Crippen molar-refractivity contribution in [2.75, 3.05) is 6.54 Å². The molecule has 1 N–H and O–H groups in total. The van der Waals surface area contributed by atoms with E-state index in [1.54, 1.807) is 0 Å². The van der Waals surface area contributed by atoms with Crippen molar-refractivity contribution in [3.05, 3.63) is 72.1 Å². The largest absolute Gasteiger partial charge is 0.421 e. The second kappa shape index (κ2) is 9.67. The second-order valence-electron chi connectivity index (χ2n) is 6.54. The molecule has 3 rings (SSSR count). The van der Waals surface area contributed by atoms with Crippen LogP contribution in [0.3, 0.4) is 0 Å². The quantitative estimate of drug-likeness (QED) is 0.613. The van der Waals surface area contributed by atoms with E-state index in [4.69, 9.17) is 4.42 Å². The molecule has 0 aliphatic carbocycles. The van der Waals surface area contributed by atoms with Gasteiger partial charge in [0.15, 0.2) is 0 Å². The molecule has 0 saturated heterocycles. The number of nitrogens with zero attached hydrogens (tertiary/aromatic N) is 2. The first-order chi connectivity index (χ1) is 13.3. The molecule has 1 amide bonds. The van der Waals surface area contributed by atoms with Gasteiger partial charge in [-0.25, -0.2) is 0 Å². The molecular weight excluding hydrogens is 338 g/mol. The first-order valence-electron chi connectivity index (χ1n) is 9.45. The summed E-state index contributed by atoms with van der Waals surface area (Å²) in [5.74, 6) is 1.49. The van der Waals surface area contributed by atoms with Gasteiger partial charge in [-0.3, -0.25) is 4.79 Å². The van der Waals surface area contributed by atoms with E-state index in [9.17, 15) is 4.79 Å². The minimum Gasteiger partial charge on any atom is -0.421 e. The van der Waals surface area contributed by atoms with Crippen LogP contribution in [0.25, 0.3) is 11.5 Å². The number of carbonyl (C=O) groups is 1. The van der Waals surface area contributed by atoms with Crippen LogP contribution < -0.4 is 5.32 Å². The lowest BCUT2D eigenvalue weighted by Crippen LogP contribution is -2.28. The average Bonchev–Trinajstić information content (AvgIpc) is 3.19. The Morgan fingerprint density at radius 3 is 2.44 bits per heavy atom. The Bertz CT molecular complexity index is 831. The van der Waals surface area contributed by atoms with Gasteiger partial charge in [-0.2, -0.15) is 0 Å². The van der Waals surface area contributed by atoms with Gasteiger partial charge < -0.3 is 9.73 Å². The molecule has 0 aliphatic heterocycles. The lowest BCUT2D eigenvalue weighted by atomic mass is 9.96. The summed E-state index contributed by atoms with van der Waals surface area (Å²) in [6.07, 6.45) is 2.73.